The summed E-state index contributed by atoms with van der Waals surface area (Å²) in [7, 11) is 1.71. The Morgan fingerprint density at radius 3 is 2.76 bits per heavy atom. The zero-order chi connectivity index (χ0) is 12.3. The van der Waals surface area contributed by atoms with E-state index in [-0.39, 0.29) is 0 Å². The second kappa shape index (κ2) is 6.21. The fourth-order valence-corrected chi connectivity index (χ4v) is 3.38. The smallest absolute Gasteiger partial charge is 0.137 e. The highest BCUT2D eigenvalue weighted by Crippen LogP contribution is 2.33. The second-order valence-electron chi connectivity index (χ2n) is 4.49. The molecule has 17 heavy (non-hydrogen) atoms. The molecule has 0 unspecified atom stereocenters. The Bertz CT molecular complexity index is 391. The summed E-state index contributed by atoms with van der Waals surface area (Å²) in [5, 5.41) is 3.48. The van der Waals surface area contributed by atoms with Crippen LogP contribution in [0.4, 0.5) is 0 Å². The minimum absolute atomic E-state index is 0.855. The van der Waals surface area contributed by atoms with Crippen LogP contribution in [0, 0.1) is 5.92 Å². The van der Waals surface area contributed by atoms with Crippen LogP contribution in [0.15, 0.2) is 21.1 Å². The molecule has 2 rings (SSSR count). The fourth-order valence-electron chi connectivity index (χ4n) is 1.91. The topological polar surface area (TPSA) is 21.3 Å². The van der Waals surface area contributed by atoms with Crippen LogP contribution < -0.4 is 10.1 Å². The maximum Gasteiger partial charge on any atom is 0.137 e. The van der Waals surface area contributed by atoms with Gasteiger partial charge in [-0.3, -0.25) is 0 Å². The minimum atomic E-state index is 0.855. The summed E-state index contributed by atoms with van der Waals surface area (Å²) in [4.78, 5) is 0. The predicted molar refractivity (Wildman–Crippen MR) is 77.4 cm³/mol. The normalized spacial score (nSPS) is 15.0. The molecule has 1 aliphatic rings. The van der Waals surface area contributed by atoms with Gasteiger partial charge in [-0.1, -0.05) is 28.8 Å². The predicted octanol–water partition coefficient (Wildman–Crippen LogP) is 4.11. The minimum Gasteiger partial charge on any atom is -0.495 e. The Labute approximate surface area is 119 Å². The van der Waals surface area contributed by atoms with E-state index in [2.05, 4.69) is 43.2 Å². The summed E-state index contributed by atoms with van der Waals surface area (Å²) >= 11 is 7.02. The number of ether oxygens (including phenoxy) is 1. The van der Waals surface area contributed by atoms with Crippen molar-refractivity contribution in [2.75, 3.05) is 13.7 Å². The number of hydrogen-bond acceptors (Lipinski definition) is 2. The van der Waals surface area contributed by atoms with E-state index in [9.17, 15) is 0 Å². The summed E-state index contributed by atoms with van der Waals surface area (Å²) in [6.07, 6.45) is 4.15. The largest absolute Gasteiger partial charge is 0.495 e. The van der Waals surface area contributed by atoms with Gasteiger partial charge in [0.15, 0.2) is 0 Å². The number of rotatable bonds is 6. The van der Waals surface area contributed by atoms with Crippen molar-refractivity contribution < 1.29 is 4.74 Å². The van der Waals surface area contributed by atoms with Crippen LogP contribution in [0.25, 0.3) is 0 Å². The standard InChI is InChI=1S/C13H17Br2NO/c1-17-13-10(6-11(14)7-12(13)15)8-16-5-4-9-2-3-9/h6-7,9,16H,2-5,8H2,1H3. The Morgan fingerprint density at radius 2 is 2.12 bits per heavy atom. The maximum absolute atomic E-state index is 5.41. The highest BCUT2D eigenvalue weighted by molar-refractivity contribution is 9.11. The van der Waals surface area contributed by atoms with Gasteiger partial charge in [-0.05, 0) is 46.9 Å². The van der Waals surface area contributed by atoms with E-state index in [1.165, 1.54) is 24.8 Å². The summed E-state index contributed by atoms with van der Waals surface area (Å²) in [6.45, 7) is 1.95. The summed E-state index contributed by atoms with van der Waals surface area (Å²) < 4.78 is 7.48. The van der Waals surface area contributed by atoms with E-state index in [4.69, 9.17) is 4.74 Å². The van der Waals surface area contributed by atoms with Crippen molar-refractivity contribution in [1.29, 1.82) is 0 Å². The molecule has 0 aliphatic heterocycles. The van der Waals surface area contributed by atoms with Crippen molar-refractivity contribution in [3.63, 3.8) is 0 Å². The van der Waals surface area contributed by atoms with Crippen molar-refractivity contribution in [3.05, 3.63) is 26.6 Å². The van der Waals surface area contributed by atoms with Crippen LogP contribution in [0.1, 0.15) is 24.8 Å². The molecule has 0 atom stereocenters. The van der Waals surface area contributed by atoms with Crippen LogP contribution in [-0.2, 0) is 6.54 Å². The van der Waals surface area contributed by atoms with Crippen LogP contribution in [0.3, 0.4) is 0 Å². The van der Waals surface area contributed by atoms with E-state index in [1.807, 2.05) is 6.07 Å². The Morgan fingerprint density at radius 1 is 1.35 bits per heavy atom. The summed E-state index contributed by atoms with van der Waals surface area (Å²) in [5.74, 6) is 1.91. The molecule has 94 valence electrons. The lowest BCUT2D eigenvalue weighted by Crippen LogP contribution is -2.15. The quantitative estimate of drug-likeness (QED) is 0.769. The third kappa shape index (κ3) is 3.97. The maximum atomic E-state index is 5.41. The lowest BCUT2D eigenvalue weighted by Gasteiger charge is -2.12. The number of nitrogens with one attached hydrogen (secondary N) is 1. The average molecular weight is 363 g/mol. The fraction of sp³-hybridized carbons (Fsp3) is 0.538. The SMILES string of the molecule is COc1c(Br)cc(Br)cc1CNCCC1CC1. The van der Waals surface area contributed by atoms with Crippen LogP contribution in [0.5, 0.6) is 5.75 Å². The zero-order valence-corrected chi connectivity index (χ0v) is 13.1. The zero-order valence-electron chi connectivity index (χ0n) is 9.93. The lowest BCUT2D eigenvalue weighted by molar-refractivity contribution is 0.404. The Hall–Kier alpha value is -0.0600. The van der Waals surface area contributed by atoms with Gasteiger partial charge in [-0.25, -0.2) is 0 Å². The van der Waals surface area contributed by atoms with Gasteiger partial charge in [0.2, 0.25) is 0 Å². The van der Waals surface area contributed by atoms with Gasteiger partial charge in [-0.2, -0.15) is 0 Å². The molecule has 0 spiro atoms. The third-order valence-electron chi connectivity index (χ3n) is 3.03. The number of hydrogen-bond donors (Lipinski definition) is 1. The van der Waals surface area contributed by atoms with Gasteiger partial charge in [0, 0.05) is 16.6 Å². The van der Waals surface area contributed by atoms with Crippen molar-refractivity contribution in [3.8, 4) is 5.75 Å². The molecule has 1 aromatic rings. The molecule has 1 N–H and O–H groups in total. The summed E-state index contributed by atoms with van der Waals surface area (Å²) in [6, 6.07) is 4.11. The Balaban J connectivity index is 1.92. The average Bonchev–Trinajstić information content (AvgIpc) is 3.07. The molecule has 1 aromatic carbocycles. The molecule has 1 aliphatic carbocycles. The monoisotopic (exact) mass is 361 g/mol. The molecule has 0 bridgehead atoms. The third-order valence-corrected chi connectivity index (χ3v) is 4.08. The lowest BCUT2D eigenvalue weighted by atomic mass is 10.2. The van der Waals surface area contributed by atoms with Gasteiger partial charge in [0.1, 0.15) is 5.75 Å². The first-order valence-electron chi connectivity index (χ1n) is 5.93. The van der Waals surface area contributed by atoms with Gasteiger partial charge in [0.25, 0.3) is 0 Å². The van der Waals surface area contributed by atoms with Gasteiger partial charge >= 0.3 is 0 Å². The molecule has 2 nitrogen and oxygen atoms in total. The van der Waals surface area contributed by atoms with E-state index in [1.54, 1.807) is 7.11 Å². The van der Waals surface area contributed by atoms with Crippen LogP contribution in [0.2, 0.25) is 0 Å². The molecule has 1 fully saturated rings. The number of benzene rings is 1. The van der Waals surface area contributed by atoms with E-state index in [0.717, 1.165) is 33.7 Å². The molecule has 0 radical (unpaired) electrons. The first kappa shape index (κ1) is 13.4. The molecule has 0 aromatic heterocycles. The Kier molecular flexibility index (Phi) is 4.88. The van der Waals surface area contributed by atoms with E-state index in [0.29, 0.717) is 0 Å². The molecule has 0 heterocycles. The highest BCUT2D eigenvalue weighted by atomic mass is 79.9. The molecule has 1 saturated carbocycles. The van der Waals surface area contributed by atoms with Crippen molar-refractivity contribution in [2.45, 2.75) is 25.8 Å². The van der Waals surface area contributed by atoms with Gasteiger partial charge < -0.3 is 10.1 Å². The number of methoxy groups -OCH3 is 1. The first-order chi connectivity index (χ1) is 8.20. The number of halogens is 2. The van der Waals surface area contributed by atoms with Crippen molar-refractivity contribution in [2.24, 2.45) is 5.92 Å². The van der Waals surface area contributed by atoms with E-state index < -0.39 is 0 Å². The second-order valence-corrected chi connectivity index (χ2v) is 6.26. The van der Waals surface area contributed by atoms with Gasteiger partial charge in [-0.15, -0.1) is 0 Å². The molecule has 0 amide bonds. The first-order valence-corrected chi connectivity index (χ1v) is 7.52. The van der Waals surface area contributed by atoms with E-state index >= 15 is 0 Å². The van der Waals surface area contributed by atoms with Crippen LogP contribution >= 0.6 is 31.9 Å². The van der Waals surface area contributed by atoms with Gasteiger partial charge in [0.05, 0.1) is 11.6 Å². The van der Waals surface area contributed by atoms with Crippen molar-refractivity contribution >= 4 is 31.9 Å². The molecule has 4 heteroatoms. The summed E-state index contributed by atoms with van der Waals surface area (Å²) in [5.41, 5.74) is 1.18. The van der Waals surface area contributed by atoms with Crippen LogP contribution in [-0.4, -0.2) is 13.7 Å². The highest BCUT2D eigenvalue weighted by Gasteiger charge is 2.20. The molecule has 0 saturated heterocycles. The molecular formula is C13H17Br2NO. The van der Waals surface area contributed by atoms with Crippen molar-refractivity contribution in [1.82, 2.24) is 5.32 Å². The molecular weight excluding hydrogens is 346 g/mol.